The number of rotatable bonds is 15. The van der Waals surface area contributed by atoms with Gasteiger partial charge >= 0.3 is 0 Å². The van der Waals surface area contributed by atoms with Crippen LogP contribution in [0.4, 0.5) is 0 Å². The Hall–Kier alpha value is -2.62. The molecule has 0 radical (unpaired) electrons. The highest BCUT2D eigenvalue weighted by Gasteiger charge is 2.19. The van der Waals surface area contributed by atoms with Crippen LogP contribution in [-0.4, -0.2) is 82.8 Å². The Kier molecular flexibility index (Phi) is 11.3. The molecule has 8 nitrogen and oxygen atoms in total. The zero-order chi connectivity index (χ0) is 28.5. The van der Waals surface area contributed by atoms with Gasteiger partial charge in [0.05, 0.1) is 37.9 Å². The smallest absolute Gasteiger partial charge is 0.131 e. The molecule has 1 fully saturated rings. The van der Waals surface area contributed by atoms with Crippen molar-refractivity contribution >= 4 is 11.6 Å². The number of aromatic nitrogens is 2. The Balaban J connectivity index is 1.27. The van der Waals surface area contributed by atoms with Crippen molar-refractivity contribution in [1.29, 1.82) is 0 Å². The van der Waals surface area contributed by atoms with Crippen LogP contribution >= 0.6 is 11.6 Å². The molecule has 0 bridgehead atoms. The topological polar surface area (TPSA) is 92.0 Å². The summed E-state index contributed by atoms with van der Waals surface area (Å²) in [6.45, 7) is 8.83. The van der Waals surface area contributed by atoms with Gasteiger partial charge in [0.1, 0.15) is 16.7 Å². The number of nitrogens with zero attached hydrogens (tertiary/aromatic N) is 3. The van der Waals surface area contributed by atoms with E-state index in [1.165, 1.54) is 0 Å². The van der Waals surface area contributed by atoms with Gasteiger partial charge in [-0.2, -0.15) is 0 Å². The van der Waals surface area contributed by atoms with Crippen molar-refractivity contribution in [2.45, 2.75) is 51.7 Å². The monoisotopic (exact) mass is 570 g/mol. The van der Waals surface area contributed by atoms with Crippen molar-refractivity contribution in [1.82, 2.24) is 19.8 Å². The molecule has 2 unspecified atom stereocenters. The third-order valence-corrected chi connectivity index (χ3v) is 8.07. The molecule has 1 aromatic heterocycles. The van der Waals surface area contributed by atoms with E-state index in [1.807, 2.05) is 31.3 Å². The first-order valence-electron chi connectivity index (χ1n) is 14.2. The fourth-order valence-electron chi connectivity index (χ4n) is 5.21. The summed E-state index contributed by atoms with van der Waals surface area (Å²) in [5, 5.41) is 23.4. The third kappa shape index (κ3) is 7.98. The van der Waals surface area contributed by atoms with Gasteiger partial charge in [-0.3, -0.25) is 0 Å². The second kappa shape index (κ2) is 14.8. The van der Waals surface area contributed by atoms with E-state index in [9.17, 15) is 10.2 Å². The fourth-order valence-corrected chi connectivity index (χ4v) is 5.38. The number of aliphatic hydroxyl groups is 2. The van der Waals surface area contributed by atoms with Crippen molar-refractivity contribution in [3.8, 4) is 22.6 Å². The molecule has 1 aliphatic rings. The molecule has 1 saturated heterocycles. The van der Waals surface area contributed by atoms with Gasteiger partial charge in [0.2, 0.25) is 0 Å². The number of likely N-dealkylation sites (tertiary alicyclic amines) is 1. The van der Waals surface area contributed by atoms with E-state index in [1.54, 1.807) is 10.9 Å². The second-order valence-electron chi connectivity index (χ2n) is 10.6. The molecule has 3 aromatic rings. The highest BCUT2D eigenvalue weighted by atomic mass is 35.5. The van der Waals surface area contributed by atoms with Gasteiger partial charge in [-0.15, -0.1) is 0 Å². The number of aliphatic hydroxyl groups excluding tert-OH is 2. The van der Waals surface area contributed by atoms with E-state index in [2.05, 4.69) is 41.2 Å². The van der Waals surface area contributed by atoms with E-state index < -0.39 is 0 Å². The first-order valence-corrected chi connectivity index (χ1v) is 14.6. The quantitative estimate of drug-likeness (QED) is 0.236. The van der Waals surface area contributed by atoms with Crippen molar-refractivity contribution in [2.75, 3.05) is 46.0 Å². The number of nitrogens with one attached hydrogen (secondary N) is 1. The number of halogens is 1. The molecule has 0 amide bonds. The van der Waals surface area contributed by atoms with Crippen LogP contribution in [0.25, 0.3) is 11.1 Å². The van der Waals surface area contributed by atoms with E-state index in [0.717, 1.165) is 78.3 Å². The van der Waals surface area contributed by atoms with Crippen LogP contribution in [0.5, 0.6) is 11.5 Å². The Bertz CT molecular complexity index is 1230. The minimum Gasteiger partial charge on any atom is -0.493 e. The summed E-state index contributed by atoms with van der Waals surface area (Å²) in [6, 6.07) is 12.3. The standard InChI is InChI=1S/C31H43ClN4O4/c1-22-26(27-9-5-11-30(23(27)2)40-17-7-14-36-15-12-25(38)19-36)8-4-10-29(22)39-16-6-13-33-24(20-37)18-28-31(32)35(3)21-34-28/h4-5,8-11,21,24-25,33,37-38H,6-7,12-20H2,1-3H3. The fraction of sp³-hybridized carbons (Fsp3) is 0.516. The minimum absolute atomic E-state index is 0.0135. The molecule has 0 aliphatic carbocycles. The average Bonchev–Trinajstić information content (AvgIpc) is 3.51. The summed E-state index contributed by atoms with van der Waals surface area (Å²) in [5.41, 5.74) is 5.28. The van der Waals surface area contributed by atoms with Crippen LogP contribution in [0.1, 0.15) is 36.1 Å². The number of aryl methyl sites for hydroxylation is 1. The van der Waals surface area contributed by atoms with Crippen LogP contribution in [0.15, 0.2) is 42.7 Å². The first kappa shape index (κ1) is 30.3. The average molecular weight is 571 g/mol. The summed E-state index contributed by atoms with van der Waals surface area (Å²) in [4.78, 5) is 6.61. The van der Waals surface area contributed by atoms with Gasteiger partial charge in [0.15, 0.2) is 0 Å². The maximum absolute atomic E-state index is 9.76. The lowest BCUT2D eigenvalue weighted by molar-refractivity contribution is 0.173. The molecule has 0 saturated carbocycles. The zero-order valence-electron chi connectivity index (χ0n) is 23.9. The normalized spacial score (nSPS) is 16.4. The van der Waals surface area contributed by atoms with Crippen LogP contribution in [-0.2, 0) is 13.5 Å². The number of ether oxygens (including phenoxy) is 2. The van der Waals surface area contributed by atoms with Crippen LogP contribution in [0.3, 0.4) is 0 Å². The molecule has 3 N–H and O–H groups in total. The van der Waals surface area contributed by atoms with E-state index in [0.29, 0.717) is 31.3 Å². The summed E-state index contributed by atoms with van der Waals surface area (Å²) in [6.07, 6.45) is 4.68. The summed E-state index contributed by atoms with van der Waals surface area (Å²) < 4.78 is 14.1. The lowest BCUT2D eigenvalue weighted by Gasteiger charge is -2.18. The van der Waals surface area contributed by atoms with Gasteiger partial charge in [0, 0.05) is 39.1 Å². The first-order chi connectivity index (χ1) is 19.4. The van der Waals surface area contributed by atoms with Crippen molar-refractivity contribution < 1.29 is 19.7 Å². The molecule has 9 heteroatoms. The highest BCUT2D eigenvalue weighted by molar-refractivity contribution is 6.30. The SMILES string of the molecule is Cc1c(OCCCNC(CO)Cc2ncn(C)c2Cl)cccc1-c1cccc(OCCCN2CCC(O)C2)c1C. The zero-order valence-corrected chi connectivity index (χ0v) is 24.7. The number of hydrogen-bond acceptors (Lipinski definition) is 7. The summed E-state index contributed by atoms with van der Waals surface area (Å²) in [7, 11) is 1.85. The molecule has 2 aromatic carbocycles. The molecule has 2 heterocycles. The molecule has 40 heavy (non-hydrogen) atoms. The predicted molar refractivity (Wildman–Crippen MR) is 159 cm³/mol. The Labute approximate surface area is 242 Å². The number of benzene rings is 2. The van der Waals surface area contributed by atoms with Gasteiger partial charge in [-0.05, 0) is 74.0 Å². The van der Waals surface area contributed by atoms with E-state index >= 15 is 0 Å². The van der Waals surface area contributed by atoms with Gasteiger partial charge in [0.25, 0.3) is 0 Å². The lowest BCUT2D eigenvalue weighted by atomic mass is 9.95. The summed E-state index contributed by atoms with van der Waals surface area (Å²) >= 11 is 6.26. The van der Waals surface area contributed by atoms with E-state index in [4.69, 9.17) is 21.1 Å². The van der Waals surface area contributed by atoms with Crippen LogP contribution in [0.2, 0.25) is 5.15 Å². The van der Waals surface area contributed by atoms with Crippen molar-refractivity contribution in [2.24, 2.45) is 7.05 Å². The largest absolute Gasteiger partial charge is 0.493 e. The molecule has 4 rings (SSSR count). The Morgan fingerprint density at radius 1 is 1.05 bits per heavy atom. The van der Waals surface area contributed by atoms with Crippen LogP contribution < -0.4 is 14.8 Å². The summed E-state index contributed by atoms with van der Waals surface area (Å²) in [5.74, 6) is 1.77. The Morgan fingerprint density at radius 3 is 2.25 bits per heavy atom. The maximum Gasteiger partial charge on any atom is 0.131 e. The maximum atomic E-state index is 9.76. The number of imidazole rings is 1. The molecule has 0 spiro atoms. The molecular formula is C31H43ClN4O4. The molecular weight excluding hydrogens is 528 g/mol. The molecule has 2 atom stereocenters. The second-order valence-corrected chi connectivity index (χ2v) is 11.0. The van der Waals surface area contributed by atoms with E-state index in [-0.39, 0.29) is 18.8 Å². The number of β-amino-alcohol motifs (C(OH)–C–C–N with tert-alkyl or cyclic N) is 1. The van der Waals surface area contributed by atoms with Gasteiger partial charge in [-0.1, -0.05) is 35.9 Å². The van der Waals surface area contributed by atoms with Crippen molar-refractivity contribution in [3.05, 3.63) is 64.7 Å². The lowest BCUT2D eigenvalue weighted by Crippen LogP contribution is -2.35. The number of hydrogen-bond donors (Lipinski definition) is 3. The van der Waals surface area contributed by atoms with Crippen LogP contribution in [0, 0.1) is 13.8 Å². The Morgan fingerprint density at radius 2 is 1.70 bits per heavy atom. The van der Waals surface area contributed by atoms with Gasteiger partial charge < -0.3 is 34.5 Å². The minimum atomic E-state index is -0.180. The molecule has 1 aliphatic heterocycles. The highest BCUT2D eigenvalue weighted by Crippen LogP contribution is 2.35. The molecule has 218 valence electrons. The predicted octanol–water partition coefficient (Wildman–Crippen LogP) is 4.15. The van der Waals surface area contributed by atoms with Crippen molar-refractivity contribution in [3.63, 3.8) is 0 Å². The third-order valence-electron chi connectivity index (χ3n) is 7.59. The van der Waals surface area contributed by atoms with Gasteiger partial charge in [-0.25, -0.2) is 4.98 Å².